The monoisotopic (exact) mass is 458 g/mol. The molecule has 0 bridgehead atoms. The van der Waals surface area contributed by atoms with Crippen LogP contribution in [0, 0.1) is 25.5 Å². The number of aryl methyl sites for hydroxylation is 2. The van der Waals surface area contributed by atoms with E-state index < -0.39 is 23.6 Å². The minimum absolute atomic E-state index is 0.0558. The summed E-state index contributed by atoms with van der Waals surface area (Å²) in [6.07, 6.45) is 1.37. The van der Waals surface area contributed by atoms with Crippen LogP contribution in [-0.2, 0) is 11.8 Å². The van der Waals surface area contributed by atoms with Gasteiger partial charge in [-0.05, 0) is 39.0 Å². The molecule has 11 heteroatoms. The zero-order valence-corrected chi connectivity index (χ0v) is 18.6. The van der Waals surface area contributed by atoms with Gasteiger partial charge in [0, 0.05) is 18.5 Å². The topological polar surface area (TPSA) is 93.8 Å². The van der Waals surface area contributed by atoms with Crippen molar-refractivity contribution in [2.24, 2.45) is 7.05 Å². The Morgan fingerprint density at radius 2 is 1.94 bits per heavy atom. The molecule has 166 valence electrons. The van der Waals surface area contributed by atoms with Crippen LogP contribution >= 0.6 is 11.3 Å². The Bertz CT molecular complexity index is 1320. The number of benzene rings is 1. The third-order valence-electron chi connectivity index (χ3n) is 5.07. The number of aromatic nitrogens is 4. The highest BCUT2D eigenvalue weighted by atomic mass is 32.1. The lowest BCUT2D eigenvalue weighted by atomic mass is 10.2. The lowest BCUT2D eigenvalue weighted by Crippen LogP contribution is -2.41. The molecule has 3 heterocycles. The van der Waals surface area contributed by atoms with E-state index in [0.29, 0.717) is 16.3 Å². The van der Waals surface area contributed by atoms with E-state index in [1.54, 1.807) is 24.6 Å². The summed E-state index contributed by atoms with van der Waals surface area (Å²) >= 11 is 1.30. The molecular formula is C21H20F2N6O2S. The Morgan fingerprint density at radius 1 is 1.19 bits per heavy atom. The summed E-state index contributed by atoms with van der Waals surface area (Å²) in [5.41, 5.74) is 1.69. The number of amides is 2. The Kier molecular flexibility index (Phi) is 5.51. The van der Waals surface area contributed by atoms with Crippen LogP contribution in [0.25, 0.3) is 15.9 Å². The summed E-state index contributed by atoms with van der Waals surface area (Å²) in [6, 6.07) is 4.07. The Hall–Kier alpha value is -3.60. The van der Waals surface area contributed by atoms with Crippen molar-refractivity contribution in [3.05, 3.63) is 58.4 Å². The van der Waals surface area contributed by atoms with Crippen LogP contribution < -0.4 is 10.6 Å². The van der Waals surface area contributed by atoms with E-state index in [9.17, 15) is 18.4 Å². The van der Waals surface area contributed by atoms with E-state index in [-0.39, 0.29) is 11.6 Å². The minimum atomic E-state index is -0.836. The number of thiophene rings is 1. The minimum Gasteiger partial charge on any atom is -0.340 e. The highest BCUT2D eigenvalue weighted by Crippen LogP contribution is 2.27. The molecule has 0 aliphatic rings. The van der Waals surface area contributed by atoms with Crippen molar-refractivity contribution in [1.29, 1.82) is 0 Å². The van der Waals surface area contributed by atoms with Crippen molar-refractivity contribution >= 4 is 39.1 Å². The molecule has 0 saturated heterocycles. The van der Waals surface area contributed by atoms with Gasteiger partial charge in [-0.1, -0.05) is 0 Å². The van der Waals surface area contributed by atoms with Gasteiger partial charge < -0.3 is 10.6 Å². The molecule has 1 aromatic carbocycles. The number of nitrogens with one attached hydrogen (secondary N) is 2. The highest BCUT2D eigenvalue weighted by molar-refractivity contribution is 7.20. The number of halogens is 2. The van der Waals surface area contributed by atoms with E-state index in [4.69, 9.17) is 0 Å². The van der Waals surface area contributed by atoms with Gasteiger partial charge in [0.25, 0.3) is 5.91 Å². The fourth-order valence-electron chi connectivity index (χ4n) is 3.32. The van der Waals surface area contributed by atoms with Crippen LogP contribution in [-0.4, -0.2) is 37.4 Å². The van der Waals surface area contributed by atoms with Gasteiger partial charge in [0.1, 0.15) is 22.4 Å². The van der Waals surface area contributed by atoms with Crippen molar-refractivity contribution in [2.45, 2.75) is 26.8 Å². The molecule has 3 aromatic heterocycles. The standard InChI is InChI=1S/C21H20F2N6O2S/c1-10-14-8-18(32-21(14)28(4)27-10)20(31)25-11(2)19(30)26-16-9-24-29(12(16)3)17-6-5-13(22)7-15(17)23/h5-9,11H,1-4H3,(H,25,31)(H,26,30). The third-order valence-corrected chi connectivity index (χ3v) is 6.27. The van der Waals surface area contributed by atoms with Crippen LogP contribution in [0.1, 0.15) is 28.0 Å². The summed E-state index contributed by atoms with van der Waals surface area (Å²) in [5, 5.41) is 14.6. The average Bonchev–Trinajstić information content (AvgIpc) is 3.39. The maximum Gasteiger partial charge on any atom is 0.262 e. The molecule has 1 unspecified atom stereocenters. The van der Waals surface area contributed by atoms with E-state index in [0.717, 1.165) is 28.0 Å². The van der Waals surface area contributed by atoms with Crippen molar-refractivity contribution < 1.29 is 18.4 Å². The van der Waals surface area contributed by atoms with Crippen LogP contribution in [0.5, 0.6) is 0 Å². The van der Waals surface area contributed by atoms with Crippen LogP contribution in [0.15, 0.2) is 30.5 Å². The van der Waals surface area contributed by atoms with Gasteiger partial charge in [-0.3, -0.25) is 14.3 Å². The van der Waals surface area contributed by atoms with Gasteiger partial charge >= 0.3 is 0 Å². The smallest absolute Gasteiger partial charge is 0.262 e. The van der Waals surface area contributed by atoms with Gasteiger partial charge in [0.2, 0.25) is 5.91 Å². The highest BCUT2D eigenvalue weighted by Gasteiger charge is 2.21. The number of carbonyl (C=O) groups is 2. The molecule has 4 rings (SSSR count). The van der Waals surface area contributed by atoms with Gasteiger partial charge in [-0.2, -0.15) is 10.2 Å². The number of fused-ring (bicyclic) bond motifs is 1. The molecule has 2 amide bonds. The number of anilines is 1. The van der Waals surface area contributed by atoms with Crippen molar-refractivity contribution in [1.82, 2.24) is 24.9 Å². The quantitative estimate of drug-likeness (QED) is 0.479. The zero-order valence-electron chi connectivity index (χ0n) is 17.7. The van der Waals surface area contributed by atoms with Gasteiger partial charge in [-0.25, -0.2) is 13.5 Å². The first-order valence-corrected chi connectivity index (χ1v) is 10.5. The Balaban J connectivity index is 1.46. The summed E-state index contributed by atoms with van der Waals surface area (Å²) in [6.45, 7) is 5.07. The first-order valence-electron chi connectivity index (χ1n) is 9.70. The maximum atomic E-state index is 14.1. The average molecular weight is 458 g/mol. The number of hydrogen-bond acceptors (Lipinski definition) is 5. The lowest BCUT2D eigenvalue weighted by Gasteiger charge is -2.13. The Morgan fingerprint density at radius 3 is 2.62 bits per heavy atom. The molecule has 32 heavy (non-hydrogen) atoms. The number of nitrogens with zero attached hydrogens (tertiary/aromatic N) is 4. The molecule has 0 spiro atoms. The molecule has 2 N–H and O–H groups in total. The van der Waals surface area contributed by atoms with Gasteiger partial charge in [-0.15, -0.1) is 11.3 Å². The van der Waals surface area contributed by atoms with E-state index >= 15 is 0 Å². The second-order valence-electron chi connectivity index (χ2n) is 7.37. The van der Waals surface area contributed by atoms with E-state index in [2.05, 4.69) is 20.8 Å². The summed E-state index contributed by atoms with van der Waals surface area (Å²) in [7, 11) is 1.81. The van der Waals surface area contributed by atoms with Gasteiger partial charge in [0.15, 0.2) is 5.82 Å². The Labute approximate surface area is 185 Å². The molecule has 8 nitrogen and oxygen atoms in total. The van der Waals surface area contributed by atoms with Gasteiger partial charge in [0.05, 0.1) is 28.1 Å². The first kappa shape index (κ1) is 21.6. The summed E-state index contributed by atoms with van der Waals surface area (Å²) < 4.78 is 30.2. The van der Waals surface area contributed by atoms with E-state index in [1.165, 1.54) is 28.3 Å². The summed E-state index contributed by atoms with van der Waals surface area (Å²) in [4.78, 5) is 26.6. The molecule has 0 aliphatic heterocycles. The normalized spacial score (nSPS) is 12.2. The largest absolute Gasteiger partial charge is 0.340 e. The first-order chi connectivity index (χ1) is 15.2. The number of rotatable bonds is 5. The summed E-state index contributed by atoms with van der Waals surface area (Å²) in [5.74, 6) is -2.30. The van der Waals surface area contributed by atoms with Crippen molar-refractivity contribution in [3.8, 4) is 5.69 Å². The SMILES string of the molecule is Cc1nn(C)c2sc(C(=O)NC(C)C(=O)Nc3cnn(-c4ccc(F)cc4F)c3C)cc12. The third kappa shape index (κ3) is 3.86. The molecular weight excluding hydrogens is 438 g/mol. The predicted molar refractivity (Wildman–Crippen MR) is 117 cm³/mol. The second-order valence-corrected chi connectivity index (χ2v) is 8.40. The molecule has 0 radical (unpaired) electrons. The lowest BCUT2D eigenvalue weighted by molar-refractivity contribution is -0.117. The van der Waals surface area contributed by atoms with Crippen molar-refractivity contribution in [2.75, 3.05) is 5.32 Å². The van der Waals surface area contributed by atoms with Crippen LogP contribution in [0.4, 0.5) is 14.5 Å². The predicted octanol–water partition coefficient (Wildman–Crippen LogP) is 3.47. The molecule has 0 saturated carbocycles. The van der Waals surface area contributed by atoms with Crippen LogP contribution in [0.3, 0.4) is 0 Å². The van der Waals surface area contributed by atoms with E-state index in [1.807, 2.05) is 14.0 Å². The molecule has 1 atom stereocenters. The van der Waals surface area contributed by atoms with Crippen molar-refractivity contribution in [3.63, 3.8) is 0 Å². The molecule has 4 aromatic rings. The zero-order chi connectivity index (χ0) is 23.2. The fourth-order valence-corrected chi connectivity index (χ4v) is 4.35. The molecule has 0 fully saturated rings. The maximum absolute atomic E-state index is 14.1. The van der Waals surface area contributed by atoms with Crippen LogP contribution in [0.2, 0.25) is 0 Å². The second kappa shape index (κ2) is 8.15. The number of hydrogen-bond donors (Lipinski definition) is 2. The molecule has 0 aliphatic carbocycles. The number of carbonyl (C=O) groups excluding carboxylic acids is 2. The fraction of sp³-hybridized carbons (Fsp3) is 0.238.